The zero-order valence-corrected chi connectivity index (χ0v) is 13.2. The Morgan fingerprint density at radius 1 is 1.10 bits per heavy atom. The van der Waals surface area contributed by atoms with Crippen molar-refractivity contribution >= 4 is 37.5 Å². The highest BCUT2D eigenvalue weighted by molar-refractivity contribution is 9.10. The fourth-order valence-electron chi connectivity index (χ4n) is 1.59. The maximum absolute atomic E-state index is 11.0. The molecule has 2 rings (SSSR count). The second-order valence-corrected chi connectivity index (χ2v) is 5.71. The lowest BCUT2D eigenvalue weighted by Gasteiger charge is -2.10. The zero-order chi connectivity index (χ0) is 14.7. The van der Waals surface area contributed by atoms with Crippen LogP contribution in [0.3, 0.4) is 0 Å². The van der Waals surface area contributed by atoms with Gasteiger partial charge in [0, 0.05) is 20.6 Å². The molecule has 2 aromatic carbocycles. The van der Waals surface area contributed by atoms with Gasteiger partial charge in [-0.15, -0.1) is 0 Å². The molecule has 0 saturated carbocycles. The number of ether oxygens (including phenoxy) is 1. The van der Waals surface area contributed by atoms with E-state index in [-0.39, 0.29) is 18.0 Å². The molecule has 2 aromatic rings. The number of rotatable bonds is 4. The van der Waals surface area contributed by atoms with Crippen LogP contribution in [-0.4, -0.2) is 10.0 Å². The lowest BCUT2D eigenvalue weighted by atomic mass is 10.2. The lowest BCUT2D eigenvalue weighted by Crippen LogP contribution is -1.96. The Kier molecular flexibility index (Phi) is 4.74. The van der Waals surface area contributed by atoms with Crippen LogP contribution in [0, 0.1) is 10.1 Å². The molecule has 0 heterocycles. The van der Waals surface area contributed by atoms with E-state index in [1.165, 1.54) is 12.1 Å². The van der Waals surface area contributed by atoms with Crippen molar-refractivity contribution in [1.82, 2.24) is 0 Å². The van der Waals surface area contributed by atoms with Crippen molar-refractivity contribution in [2.75, 3.05) is 0 Å². The number of aliphatic hydroxyl groups excluding tert-OH is 1. The van der Waals surface area contributed by atoms with Gasteiger partial charge in [-0.3, -0.25) is 10.1 Å². The molecule has 0 aliphatic carbocycles. The van der Waals surface area contributed by atoms with E-state index in [2.05, 4.69) is 31.9 Å². The van der Waals surface area contributed by atoms with Crippen molar-refractivity contribution in [3.8, 4) is 11.5 Å². The second-order valence-electron chi connectivity index (χ2n) is 3.88. The molecule has 104 valence electrons. The summed E-state index contributed by atoms with van der Waals surface area (Å²) in [6.45, 7) is -0.215. The fraction of sp³-hybridized carbons (Fsp3) is 0.0769. The van der Waals surface area contributed by atoms with Gasteiger partial charge in [-0.1, -0.05) is 37.9 Å². The van der Waals surface area contributed by atoms with Gasteiger partial charge in [0.25, 0.3) is 0 Å². The third-order valence-corrected chi connectivity index (χ3v) is 3.52. The van der Waals surface area contributed by atoms with Crippen LogP contribution < -0.4 is 4.74 Å². The average Bonchev–Trinajstić information content (AvgIpc) is 2.41. The third-order valence-electron chi connectivity index (χ3n) is 2.54. The number of nitro benzene ring substituents is 1. The molecule has 20 heavy (non-hydrogen) atoms. The van der Waals surface area contributed by atoms with Crippen LogP contribution in [0.1, 0.15) is 5.56 Å². The first-order chi connectivity index (χ1) is 9.51. The molecular formula is C13H9Br2NO4. The predicted molar refractivity (Wildman–Crippen MR) is 80.9 cm³/mol. The molecule has 1 N–H and O–H groups in total. The summed E-state index contributed by atoms with van der Waals surface area (Å²) in [5.41, 5.74) is 0.397. The summed E-state index contributed by atoms with van der Waals surface area (Å²) >= 11 is 6.48. The highest BCUT2D eigenvalue weighted by Crippen LogP contribution is 2.36. The number of nitro groups is 1. The van der Waals surface area contributed by atoms with Crippen molar-refractivity contribution in [1.29, 1.82) is 0 Å². The molecule has 0 aliphatic heterocycles. The summed E-state index contributed by atoms with van der Waals surface area (Å²) in [5, 5.41) is 20.3. The first-order valence-electron chi connectivity index (χ1n) is 5.52. The van der Waals surface area contributed by atoms with Crippen molar-refractivity contribution < 1.29 is 14.8 Å². The highest BCUT2D eigenvalue weighted by atomic mass is 79.9. The van der Waals surface area contributed by atoms with Gasteiger partial charge in [-0.25, -0.2) is 0 Å². The van der Waals surface area contributed by atoms with E-state index in [0.29, 0.717) is 15.8 Å². The first kappa shape index (κ1) is 15.0. The average molecular weight is 403 g/mol. The molecule has 0 fully saturated rings. The molecule has 0 unspecified atom stereocenters. The van der Waals surface area contributed by atoms with Gasteiger partial charge in [0.2, 0.25) is 5.75 Å². The summed E-state index contributed by atoms with van der Waals surface area (Å²) in [4.78, 5) is 10.5. The molecule has 0 atom stereocenters. The van der Waals surface area contributed by atoms with Gasteiger partial charge in [-0.05, 0) is 24.3 Å². The Morgan fingerprint density at radius 3 is 2.40 bits per heavy atom. The number of aliphatic hydroxyl groups is 1. The highest BCUT2D eigenvalue weighted by Gasteiger charge is 2.17. The molecule has 0 aromatic heterocycles. The number of halogens is 2. The Morgan fingerprint density at radius 2 is 1.75 bits per heavy atom. The van der Waals surface area contributed by atoms with Crippen molar-refractivity contribution in [2.45, 2.75) is 6.61 Å². The molecule has 0 aliphatic rings. The van der Waals surface area contributed by atoms with E-state index in [4.69, 9.17) is 4.74 Å². The largest absolute Gasteiger partial charge is 0.450 e. The van der Waals surface area contributed by atoms with Crippen LogP contribution in [0.5, 0.6) is 11.5 Å². The number of benzene rings is 2. The molecule has 0 saturated heterocycles. The van der Waals surface area contributed by atoms with Crippen molar-refractivity contribution in [2.24, 2.45) is 0 Å². The normalized spacial score (nSPS) is 10.3. The summed E-state index contributed by atoms with van der Waals surface area (Å²) in [5.74, 6) is 0.485. The van der Waals surface area contributed by atoms with Crippen LogP contribution in [0.4, 0.5) is 5.69 Å². The fourth-order valence-corrected chi connectivity index (χ4v) is 2.28. The summed E-state index contributed by atoms with van der Waals surface area (Å²) in [6.07, 6.45) is 0. The lowest BCUT2D eigenvalue weighted by molar-refractivity contribution is -0.385. The summed E-state index contributed by atoms with van der Waals surface area (Å²) in [7, 11) is 0. The smallest absolute Gasteiger partial charge is 0.312 e. The summed E-state index contributed by atoms with van der Waals surface area (Å²) < 4.78 is 6.92. The maximum atomic E-state index is 11.0. The minimum atomic E-state index is -0.517. The zero-order valence-electron chi connectivity index (χ0n) is 10.0. The number of nitrogens with zero attached hydrogens (tertiary/aromatic N) is 1. The second kappa shape index (κ2) is 6.34. The molecule has 0 bridgehead atoms. The van der Waals surface area contributed by atoms with Crippen molar-refractivity contribution in [3.63, 3.8) is 0 Å². The molecular weight excluding hydrogens is 394 g/mol. The van der Waals surface area contributed by atoms with Gasteiger partial charge < -0.3 is 9.84 Å². The van der Waals surface area contributed by atoms with Gasteiger partial charge in [0.05, 0.1) is 11.5 Å². The van der Waals surface area contributed by atoms with Crippen LogP contribution in [0.25, 0.3) is 0 Å². The molecule has 0 radical (unpaired) electrons. The molecule has 7 heteroatoms. The molecule has 0 amide bonds. The van der Waals surface area contributed by atoms with Crippen LogP contribution in [0.15, 0.2) is 45.3 Å². The van der Waals surface area contributed by atoms with Crippen LogP contribution in [-0.2, 0) is 6.61 Å². The number of hydrogen-bond acceptors (Lipinski definition) is 4. The van der Waals surface area contributed by atoms with E-state index >= 15 is 0 Å². The van der Waals surface area contributed by atoms with E-state index in [1.807, 2.05) is 0 Å². The van der Waals surface area contributed by atoms with E-state index < -0.39 is 4.92 Å². The summed E-state index contributed by atoms with van der Waals surface area (Å²) in [6, 6.07) is 9.62. The van der Waals surface area contributed by atoms with Crippen LogP contribution >= 0.6 is 31.9 Å². The topological polar surface area (TPSA) is 72.6 Å². The van der Waals surface area contributed by atoms with Gasteiger partial charge in [0.15, 0.2) is 0 Å². The van der Waals surface area contributed by atoms with E-state index in [9.17, 15) is 15.2 Å². The standard InChI is InChI=1S/C13H9Br2NO4/c14-9-3-4-12(11(5-9)16(18)19)20-13-6-10(15)2-1-8(13)7-17/h1-6,17H,7H2. The van der Waals surface area contributed by atoms with E-state index in [1.54, 1.807) is 24.3 Å². The van der Waals surface area contributed by atoms with Crippen molar-refractivity contribution in [3.05, 3.63) is 61.0 Å². The van der Waals surface area contributed by atoms with E-state index in [0.717, 1.165) is 4.47 Å². The Labute approximate surface area is 131 Å². The minimum Gasteiger partial charge on any atom is -0.450 e. The molecule has 5 nitrogen and oxygen atoms in total. The molecule has 0 spiro atoms. The number of hydrogen-bond donors (Lipinski definition) is 1. The SMILES string of the molecule is O=[N+]([O-])c1cc(Br)ccc1Oc1cc(Br)ccc1CO. The predicted octanol–water partition coefficient (Wildman–Crippen LogP) is 4.40. The van der Waals surface area contributed by atoms with Gasteiger partial charge >= 0.3 is 5.69 Å². The third kappa shape index (κ3) is 3.36. The first-order valence-corrected chi connectivity index (χ1v) is 7.11. The van der Waals surface area contributed by atoms with Crippen LogP contribution in [0.2, 0.25) is 0 Å². The minimum absolute atomic E-state index is 0.117. The Hall–Kier alpha value is -1.44. The Bertz CT molecular complexity index is 661. The van der Waals surface area contributed by atoms with Gasteiger partial charge in [0.1, 0.15) is 5.75 Å². The quantitative estimate of drug-likeness (QED) is 0.607. The maximum Gasteiger partial charge on any atom is 0.312 e. The van der Waals surface area contributed by atoms with Gasteiger partial charge in [-0.2, -0.15) is 0 Å². The Balaban J connectivity index is 2.44. The monoisotopic (exact) mass is 401 g/mol.